The van der Waals surface area contributed by atoms with Gasteiger partial charge in [-0.1, -0.05) is 12.2 Å². The van der Waals surface area contributed by atoms with Crippen molar-refractivity contribution in [1.29, 1.82) is 0 Å². The third-order valence-electron chi connectivity index (χ3n) is 2.06. The molecule has 0 amide bonds. The van der Waals surface area contributed by atoms with Gasteiger partial charge in [0.15, 0.2) is 0 Å². The Hall–Kier alpha value is -1.41. The first-order valence-electron chi connectivity index (χ1n) is 5.45. The minimum atomic E-state index is -4.31. The minimum absolute atomic E-state index is 0.0719. The van der Waals surface area contributed by atoms with Crippen molar-refractivity contribution in [3.63, 3.8) is 0 Å². The number of rotatable bonds is 6. The van der Waals surface area contributed by atoms with Gasteiger partial charge in [0.1, 0.15) is 17.4 Å². The lowest BCUT2D eigenvalue weighted by molar-refractivity contribution is -0.172. The number of nitrogens with one attached hydrogen (secondary N) is 1. The van der Waals surface area contributed by atoms with Gasteiger partial charge >= 0.3 is 6.18 Å². The lowest BCUT2D eigenvalue weighted by atomic mass is 10.2. The lowest BCUT2D eigenvalue weighted by Gasteiger charge is -2.10. The number of nitrogens with zero attached hydrogens (tertiary/aromatic N) is 1. The van der Waals surface area contributed by atoms with E-state index in [9.17, 15) is 13.2 Å². The van der Waals surface area contributed by atoms with Crippen LogP contribution in [0.3, 0.4) is 0 Å². The molecule has 1 aromatic rings. The quantitative estimate of drug-likeness (QED) is 0.620. The highest BCUT2D eigenvalue weighted by Crippen LogP contribution is 2.14. The zero-order valence-corrected chi connectivity index (χ0v) is 11.1. The van der Waals surface area contributed by atoms with Crippen molar-refractivity contribution < 1.29 is 17.9 Å². The normalized spacial score (nSPS) is 11.4. The van der Waals surface area contributed by atoms with Gasteiger partial charge in [-0.2, -0.15) is 13.2 Å². The number of hydrogen-bond donors (Lipinski definition) is 2. The molecule has 8 heteroatoms. The maximum atomic E-state index is 11.8. The number of aromatic nitrogens is 1. The first-order chi connectivity index (χ1) is 8.78. The molecule has 0 aromatic carbocycles. The maximum Gasteiger partial charge on any atom is 0.411 e. The van der Waals surface area contributed by atoms with Crippen LogP contribution in [0.25, 0.3) is 0 Å². The van der Waals surface area contributed by atoms with Gasteiger partial charge < -0.3 is 15.8 Å². The second-order valence-corrected chi connectivity index (χ2v) is 4.28. The van der Waals surface area contributed by atoms with Crippen molar-refractivity contribution in [1.82, 2.24) is 4.98 Å². The molecule has 0 aliphatic rings. The summed E-state index contributed by atoms with van der Waals surface area (Å²) < 4.78 is 39.9. The molecule has 0 unspecified atom stereocenters. The van der Waals surface area contributed by atoms with Crippen LogP contribution in [-0.4, -0.2) is 35.9 Å². The summed E-state index contributed by atoms with van der Waals surface area (Å²) in [5, 5.41) is 2.85. The van der Waals surface area contributed by atoms with Crippen molar-refractivity contribution in [2.24, 2.45) is 5.73 Å². The summed E-state index contributed by atoms with van der Waals surface area (Å²) in [7, 11) is 0. The van der Waals surface area contributed by atoms with Crippen LogP contribution in [0.2, 0.25) is 0 Å². The molecule has 0 aliphatic heterocycles. The second kappa shape index (κ2) is 6.67. The molecule has 0 saturated heterocycles. The third kappa shape index (κ3) is 6.35. The number of aryl methyl sites for hydroxylation is 1. The van der Waals surface area contributed by atoms with Crippen LogP contribution in [0, 0.1) is 6.92 Å². The predicted octanol–water partition coefficient (Wildman–Crippen LogP) is 2.02. The molecule has 0 spiro atoms. The largest absolute Gasteiger partial charge is 0.411 e. The summed E-state index contributed by atoms with van der Waals surface area (Å²) in [4.78, 5) is 4.40. The summed E-state index contributed by atoms with van der Waals surface area (Å²) in [5.41, 5.74) is 6.87. The van der Waals surface area contributed by atoms with Crippen LogP contribution < -0.4 is 11.1 Å². The number of anilines is 1. The van der Waals surface area contributed by atoms with Gasteiger partial charge in [-0.05, 0) is 19.1 Å². The Morgan fingerprint density at radius 1 is 1.47 bits per heavy atom. The third-order valence-corrected chi connectivity index (χ3v) is 2.29. The minimum Gasteiger partial charge on any atom is -0.389 e. The molecule has 19 heavy (non-hydrogen) atoms. The molecule has 3 N–H and O–H groups in total. The number of pyridine rings is 1. The maximum absolute atomic E-state index is 11.8. The van der Waals surface area contributed by atoms with E-state index in [-0.39, 0.29) is 18.1 Å². The average Bonchev–Trinajstić information content (AvgIpc) is 2.26. The molecule has 0 fully saturated rings. The van der Waals surface area contributed by atoms with Gasteiger partial charge in [0.25, 0.3) is 0 Å². The Labute approximate surface area is 114 Å². The molecule has 1 heterocycles. The first kappa shape index (κ1) is 15.6. The highest BCUT2D eigenvalue weighted by Gasteiger charge is 2.27. The van der Waals surface area contributed by atoms with E-state index < -0.39 is 12.8 Å². The topological polar surface area (TPSA) is 60.2 Å². The van der Waals surface area contributed by atoms with Crippen molar-refractivity contribution >= 4 is 23.0 Å². The monoisotopic (exact) mass is 293 g/mol. The molecule has 0 aliphatic carbocycles. The van der Waals surface area contributed by atoms with Crippen molar-refractivity contribution in [3.8, 4) is 0 Å². The fourth-order valence-corrected chi connectivity index (χ4v) is 1.46. The molecule has 0 radical (unpaired) electrons. The number of nitrogens with two attached hydrogens (primary N) is 1. The van der Waals surface area contributed by atoms with E-state index in [1.165, 1.54) is 0 Å². The van der Waals surface area contributed by atoms with E-state index >= 15 is 0 Å². The van der Waals surface area contributed by atoms with Gasteiger partial charge in [0.2, 0.25) is 0 Å². The predicted molar refractivity (Wildman–Crippen MR) is 70.2 cm³/mol. The summed E-state index contributed by atoms with van der Waals surface area (Å²) in [6.07, 6.45) is -4.31. The summed E-state index contributed by atoms with van der Waals surface area (Å²) in [6.45, 7) is 0.655. The second-order valence-electron chi connectivity index (χ2n) is 3.84. The Bertz CT molecular complexity index is 451. The van der Waals surface area contributed by atoms with Crippen LogP contribution in [-0.2, 0) is 4.74 Å². The first-order valence-corrected chi connectivity index (χ1v) is 5.85. The zero-order chi connectivity index (χ0) is 14.5. The molecule has 0 bridgehead atoms. The Balaban J connectivity index is 2.43. The summed E-state index contributed by atoms with van der Waals surface area (Å²) in [6, 6.07) is 3.37. The van der Waals surface area contributed by atoms with Crippen LogP contribution in [0.5, 0.6) is 0 Å². The van der Waals surface area contributed by atoms with E-state index in [4.69, 9.17) is 18.0 Å². The number of hydrogen-bond acceptors (Lipinski definition) is 4. The van der Waals surface area contributed by atoms with Gasteiger partial charge in [-0.3, -0.25) is 0 Å². The molecule has 0 atom stereocenters. The van der Waals surface area contributed by atoms with Crippen LogP contribution in [0.1, 0.15) is 11.3 Å². The van der Waals surface area contributed by atoms with E-state index in [2.05, 4.69) is 15.0 Å². The highest BCUT2D eigenvalue weighted by atomic mass is 32.1. The van der Waals surface area contributed by atoms with Gasteiger partial charge in [0, 0.05) is 17.8 Å². The van der Waals surface area contributed by atoms with Gasteiger partial charge in [0.05, 0.1) is 6.61 Å². The zero-order valence-electron chi connectivity index (χ0n) is 10.3. The molecule has 0 saturated carbocycles. The number of halogens is 3. The number of thiocarbonyl (C=S) groups is 1. The van der Waals surface area contributed by atoms with E-state index in [1.54, 1.807) is 19.1 Å². The molecular weight excluding hydrogens is 279 g/mol. The van der Waals surface area contributed by atoms with E-state index in [0.29, 0.717) is 17.1 Å². The van der Waals surface area contributed by atoms with Gasteiger partial charge in [-0.15, -0.1) is 0 Å². The average molecular weight is 293 g/mol. The SMILES string of the molecule is Cc1cc(C(N)=S)cc(NCCOCC(F)(F)F)n1. The van der Waals surface area contributed by atoms with Gasteiger partial charge in [-0.25, -0.2) is 4.98 Å². The lowest BCUT2D eigenvalue weighted by Crippen LogP contribution is -2.20. The van der Waals surface area contributed by atoms with Crippen molar-refractivity contribution in [3.05, 3.63) is 23.4 Å². The Kier molecular flexibility index (Phi) is 5.49. The highest BCUT2D eigenvalue weighted by molar-refractivity contribution is 7.80. The Morgan fingerprint density at radius 3 is 2.74 bits per heavy atom. The smallest absolute Gasteiger partial charge is 0.389 e. The van der Waals surface area contributed by atoms with Crippen LogP contribution >= 0.6 is 12.2 Å². The fourth-order valence-electron chi connectivity index (χ4n) is 1.34. The molecule has 106 valence electrons. The van der Waals surface area contributed by atoms with E-state index in [1.807, 2.05) is 0 Å². The molecular formula is C11H14F3N3OS. The molecule has 1 aromatic heterocycles. The van der Waals surface area contributed by atoms with Crippen molar-refractivity contribution in [2.45, 2.75) is 13.1 Å². The summed E-state index contributed by atoms with van der Waals surface area (Å²) in [5.74, 6) is 0.499. The fraction of sp³-hybridized carbons (Fsp3) is 0.455. The number of alkyl halides is 3. The number of ether oxygens (including phenoxy) is 1. The van der Waals surface area contributed by atoms with Crippen molar-refractivity contribution in [2.75, 3.05) is 25.1 Å². The standard InChI is InChI=1S/C11H14F3N3OS/c1-7-4-8(10(15)19)5-9(17-7)16-2-3-18-6-11(12,13)14/h4-5H,2-3,6H2,1H3,(H2,15,19)(H,16,17). The molecule has 4 nitrogen and oxygen atoms in total. The van der Waals surface area contributed by atoms with Crippen LogP contribution in [0.4, 0.5) is 19.0 Å². The summed E-state index contributed by atoms with van der Waals surface area (Å²) >= 11 is 4.85. The Morgan fingerprint density at radius 2 is 2.16 bits per heavy atom. The van der Waals surface area contributed by atoms with E-state index in [0.717, 1.165) is 0 Å². The molecule has 1 rings (SSSR count). The van der Waals surface area contributed by atoms with Crippen LogP contribution in [0.15, 0.2) is 12.1 Å².